The summed E-state index contributed by atoms with van der Waals surface area (Å²) in [5, 5.41) is 16.7. The number of amidine groups is 2. The quantitative estimate of drug-likeness (QED) is 0.00224. The third kappa shape index (κ3) is 33.6. The number of nitrogens with zero attached hydrogens (tertiary/aromatic N) is 6. The zero-order valence-corrected chi connectivity index (χ0v) is 75.5. The molecule has 56 heteroatoms. The molecule has 0 radical (unpaired) electrons. The number of aliphatic imine (C=N–C) groups is 2. The molecule has 6 aromatic rings. The van der Waals surface area contributed by atoms with E-state index < -0.39 is 239 Å². The third-order valence-electron chi connectivity index (χ3n) is 18.2. The topological polar surface area (TPSA) is 152 Å². The van der Waals surface area contributed by atoms with Crippen molar-refractivity contribution in [3.63, 3.8) is 0 Å². The van der Waals surface area contributed by atoms with Gasteiger partial charge in [-0.15, -0.1) is 46.4 Å². The monoisotopic (exact) mass is 2070 g/mol. The lowest BCUT2D eigenvalue weighted by molar-refractivity contribution is -0.921. The molecule has 0 aromatic heterocycles. The van der Waals surface area contributed by atoms with E-state index in [9.17, 15) is 132 Å². The molecular weight excluding hydrogens is 1990 g/mol. The largest absolute Gasteiger partial charge is 0.743 e. The first-order chi connectivity index (χ1) is 59.9. The van der Waals surface area contributed by atoms with E-state index >= 15 is 0 Å². The van der Waals surface area contributed by atoms with E-state index in [1.165, 1.54) is 71.1 Å². The fourth-order valence-corrected chi connectivity index (χ4v) is 11.7. The summed E-state index contributed by atoms with van der Waals surface area (Å²) in [6.45, 7) is 25.7. The Hall–Kier alpha value is -7.64. The van der Waals surface area contributed by atoms with E-state index in [0.29, 0.717) is 0 Å². The van der Waals surface area contributed by atoms with Gasteiger partial charge in [-0.1, -0.05) is 0 Å². The number of hydrogen-bond donors (Lipinski definition) is 10. The maximum Gasteiger partial charge on any atom is 0.200 e. The van der Waals surface area contributed by atoms with Crippen molar-refractivity contribution in [2.45, 2.75) is 55.4 Å². The normalized spacial score (nSPS) is 11.4. The minimum Gasteiger partial charge on any atom is -0.743 e. The van der Waals surface area contributed by atoms with Crippen molar-refractivity contribution in [1.82, 2.24) is 31.1 Å². The van der Waals surface area contributed by atoms with Gasteiger partial charge in [0.2, 0.25) is 34.9 Å². The fourth-order valence-electron chi connectivity index (χ4n) is 10.5. The average molecular weight is 2070 g/mol. The van der Waals surface area contributed by atoms with Gasteiger partial charge in [0.1, 0.15) is 34.1 Å². The molecule has 0 saturated carbocycles. The first-order valence-corrected chi connectivity index (χ1v) is 41.1. The Balaban J connectivity index is 0.00000102. The summed E-state index contributed by atoms with van der Waals surface area (Å²) in [5.74, 6) is -68.4. The Morgan fingerprint density at radius 1 is 0.242 bits per heavy atom. The van der Waals surface area contributed by atoms with E-state index in [4.69, 9.17) is 121 Å². The zero-order chi connectivity index (χ0) is 98.4. The molecule has 720 valence electrons. The number of alkyl halides is 4. The van der Waals surface area contributed by atoms with Crippen molar-refractivity contribution in [3.8, 4) is 0 Å². The van der Waals surface area contributed by atoms with Crippen LogP contribution in [0, 0.1) is 175 Å². The maximum atomic E-state index is 14.0. The molecule has 0 spiro atoms. The van der Waals surface area contributed by atoms with Crippen molar-refractivity contribution < 1.29 is 141 Å². The second kappa shape index (κ2) is 57.6. The van der Waals surface area contributed by atoms with Crippen LogP contribution in [0.2, 0.25) is 0 Å². The summed E-state index contributed by atoms with van der Waals surface area (Å²) in [4.78, 5) is 10.3. The summed E-state index contributed by atoms with van der Waals surface area (Å²) < 4.78 is 412. The van der Waals surface area contributed by atoms with Crippen LogP contribution in [-0.4, -0.2) is 191 Å². The van der Waals surface area contributed by atoms with Crippen LogP contribution >= 0.6 is 95.3 Å². The van der Waals surface area contributed by atoms with Crippen LogP contribution in [0.15, 0.2) is 9.98 Å². The average Bonchev–Trinajstić information content (AvgIpc) is 0.825. The van der Waals surface area contributed by atoms with E-state index in [-0.39, 0.29) is 89.2 Å². The molecular formula is C72H78Cl4F30N16S6. The molecule has 6 aromatic carbocycles. The first kappa shape index (κ1) is 118. The van der Waals surface area contributed by atoms with Crippen molar-refractivity contribution in [2.75, 3.05) is 173 Å². The first-order valence-electron chi connectivity index (χ1n) is 36.5. The maximum absolute atomic E-state index is 14.0. The predicted octanol–water partition coefficient (Wildman–Crippen LogP) is 19.3. The highest BCUT2D eigenvalue weighted by atomic mass is 35.5. The van der Waals surface area contributed by atoms with Crippen LogP contribution in [0.25, 0.3) is 0 Å². The fraction of sp³-hybridized carbons (Fsp3) is 0.417. The minimum absolute atomic E-state index is 0.147. The van der Waals surface area contributed by atoms with Crippen LogP contribution in [0.1, 0.15) is 55.4 Å². The molecule has 0 aliphatic rings. The van der Waals surface area contributed by atoms with Gasteiger partial charge in [0.05, 0.1) is 76.1 Å². The number of nitrogens with one attached hydrogen (secondary N) is 10. The zero-order valence-electron chi connectivity index (χ0n) is 67.5. The van der Waals surface area contributed by atoms with Crippen LogP contribution in [0.4, 0.5) is 166 Å². The van der Waals surface area contributed by atoms with Gasteiger partial charge < -0.3 is 87.4 Å². The molecule has 0 amide bonds. The van der Waals surface area contributed by atoms with Crippen LogP contribution in [0.5, 0.6) is 0 Å². The Morgan fingerprint density at radius 2 is 0.367 bits per heavy atom. The van der Waals surface area contributed by atoms with Gasteiger partial charge in [0.15, 0.2) is 160 Å². The lowest BCUT2D eigenvalue weighted by Crippen LogP contribution is -2.47. The number of benzene rings is 6. The van der Waals surface area contributed by atoms with Crippen LogP contribution in [-0.2, 0) is 25.3 Å². The molecule has 0 saturated heterocycles. The third-order valence-corrected chi connectivity index (χ3v) is 19.7. The van der Waals surface area contributed by atoms with Gasteiger partial charge in [0, 0.05) is 65.4 Å². The van der Waals surface area contributed by atoms with Crippen molar-refractivity contribution in [2.24, 2.45) is 9.98 Å². The summed E-state index contributed by atoms with van der Waals surface area (Å²) in [7, 11) is 0. The highest BCUT2D eigenvalue weighted by Crippen LogP contribution is 2.34. The highest BCUT2D eigenvalue weighted by molar-refractivity contribution is 7.81. The summed E-state index contributed by atoms with van der Waals surface area (Å²) >= 11 is 47.9. The van der Waals surface area contributed by atoms with Crippen molar-refractivity contribution in [3.05, 3.63) is 175 Å². The Morgan fingerprint density at radius 3 is 0.492 bits per heavy atom. The van der Waals surface area contributed by atoms with Crippen LogP contribution < -0.4 is 53.2 Å². The molecule has 0 aliphatic carbocycles. The van der Waals surface area contributed by atoms with E-state index in [1.807, 2.05) is 21.3 Å². The van der Waals surface area contributed by atoms with E-state index in [2.05, 4.69) is 86.6 Å². The van der Waals surface area contributed by atoms with Crippen molar-refractivity contribution >= 4 is 185 Å². The highest BCUT2D eigenvalue weighted by Gasteiger charge is 2.33. The molecule has 16 nitrogen and oxygen atoms in total. The standard InChI is InChI=1S/2C27H18F15N7S3.2C8H20N.2CH2Cl2/c2*28-7-10(31)16(37)22(17(38)11(7)32)46-25(50)43-1-4-49(5-2-44-26(51)47-23-18(39)12(33)8(29)13(34)19(23)40)6-3-45-27(52)48-24-20(41)14(35)9(30)15(36)21(24)42;2*1-5-9(6-2,7-3)8-4;2*2-1-3/h2*1-6H2,(H2,43,46,50)(H2,44,47,51)(H2,45,48,52);2*5-8H2,1-4H3;2*1H2/q;;2*+1;;/p-2. The molecule has 0 heterocycles. The van der Waals surface area contributed by atoms with Gasteiger partial charge in [-0.2, -0.15) is 0 Å². The van der Waals surface area contributed by atoms with Crippen molar-refractivity contribution in [1.29, 1.82) is 0 Å². The minimum atomic E-state index is -2.43. The van der Waals surface area contributed by atoms with Gasteiger partial charge in [-0.05, 0) is 115 Å². The van der Waals surface area contributed by atoms with Gasteiger partial charge in [-0.3, -0.25) is 19.8 Å². The Labute approximate surface area is 766 Å². The molecule has 0 bridgehead atoms. The van der Waals surface area contributed by atoms with E-state index in [0.717, 1.165) is 0 Å². The van der Waals surface area contributed by atoms with Gasteiger partial charge >= 0.3 is 0 Å². The van der Waals surface area contributed by atoms with Crippen LogP contribution in [0.3, 0.4) is 0 Å². The Kier molecular flexibility index (Phi) is 53.3. The summed E-state index contributed by atoms with van der Waals surface area (Å²) in [6.07, 6.45) is 0. The number of halogens is 34. The smallest absolute Gasteiger partial charge is 0.200 e. The second-order valence-corrected chi connectivity index (χ2v) is 28.9. The number of hydrogen-bond acceptors (Lipinski definition) is 10. The number of anilines is 6. The SMILES string of the molecule is CC[N+](CC)(CC)CC.CC[N+](CC)(CC)CC.ClCCl.ClCCl.Fc1c(F)c(F)c(NC(=S)NCCN(CCN=C([S-])Nc2c(F)c(F)c(F)c(F)c2F)CCNC(=S)Nc2c(F)c(F)c(F)c(F)c2F)c(F)c1F.Fc1c(F)c(F)c(NC(=S)NCCN(CCN=C([S-])Nc2c(F)c(F)c(F)c(F)c2F)CCNC(=S)Nc2c(F)c(F)c(F)c(F)c2F)c(F)c1F. The lowest BCUT2D eigenvalue weighted by atomic mass is 10.2. The van der Waals surface area contributed by atoms with E-state index in [1.54, 1.807) is 10.6 Å². The Bertz CT molecular complexity index is 4150. The summed E-state index contributed by atoms with van der Waals surface area (Å²) in [6, 6.07) is 0. The molecule has 0 atom stereocenters. The molecule has 0 unspecified atom stereocenters. The number of thiocarbonyl (C=S) groups is 4. The summed E-state index contributed by atoms with van der Waals surface area (Å²) in [5.41, 5.74) is -8.89. The molecule has 128 heavy (non-hydrogen) atoms. The molecule has 0 fully saturated rings. The van der Waals surface area contributed by atoms with Gasteiger partial charge in [0.25, 0.3) is 0 Å². The molecule has 0 aliphatic heterocycles. The van der Waals surface area contributed by atoms with Gasteiger partial charge in [-0.25, -0.2) is 132 Å². The number of quaternary nitrogens is 2. The predicted molar refractivity (Wildman–Crippen MR) is 452 cm³/mol. The lowest BCUT2D eigenvalue weighted by Gasteiger charge is -2.34. The molecule has 10 N–H and O–H groups in total. The number of rotatable bonds is 32. The second-order valence-electron chi connectivity index (χ2n) is 24.9. The molecule has 6 rings (SSSR count).